The minimum absolute atomic E-state index is 0.187. The molecule has 0 bridgehead atoms. The molecule has 0 radical (unpaired) electrons. The molecular formula is C25H27N9O3S. The zero-order chi connectivity index (χ0) is 27.0. The summed E-state index contributed by atoms with van der Waals surface area (Å²) in [5, 5.41) is 16.2. The second kappa shape index (κ2) is 9.89. The Morgan fingerprint density at radius 1 is 1.03 bits per heavy atom. The number of hydrogen-bond acceptors (Lipinski definition) is 10. The third kappa shape index (κ3) is 4.49. The van der Waals surface area contributed by atoms with Crippen molar-refractivity contribution in [3.05, 3.63) is 65.9 Å². The molecule has 38 heavy (non-hydrogen) atoms. The van der Waals surface area contributed by atoms with Gasteiger partial charge in [0.2, 0.25) is 5.88 Å². The number of methoxy groups -OCH3 is 1. The molecule has 1 N–H and O–H groups in total. The van der Waals surface area contributed by atoms with Crippen molar-refractivity contribution in [2.24, 2.45) is 0 Å². The predicted molar refractivity (Wildman–Crippen MR) is 141 cm³/mol. The van der Waals surface area contributed by atoms with Gasteiger partial charge in [0.1, 0.15) is 29.3 Å². The largest absolute Gasteiger partial charge is 0.479 e. The highest BCUT2D eigenvalue weighted by Gasteiger charge is 2.33. The van der Waals surface area contributed by atoms with Crippen LogP contribution in [0.1, 0.15) is 42.7 Å². The van der Waals surface area contributed by atoms with Crippen molar-refractivity contribution in [2.45, 2.75) is 44.6 Å². The molecule has 0 unspecified atom stereocenters. The number of benzene rings is 1. The average molecular weight is 534 g/mol. The summed E-state index contributed by atoms with van der Waals surface area (Å²) in [6.45, 7) is 7.12. The number of rotatable bonds is 8. The van der Waals surface area contributed by atoms with Crippen LogP contribution in [0.2, 0.25) is 0 Å². The number of aromatic nitrogens is 9. The molecule has 0 amide bonds. The van der Waals surface area contributed by atoms with Gasteiger partial charge in [-0.3, -0.25) is 9.67 Å². The quantitative estimate of drug-likeness (QED) is 0.314. The summed E-state index contributed by atoms with van der Waals surface area (Å²) in [7, 11) is -2.26. The highest BCUT2D eigenvalue weighted by molar-refractivity contribution is 7.91. The normalized spacial score (nSPS) is 13.5. The molecule has 5 rings (SSSR count). The van der Waals surface area contributed by atoms with E-state index in [0.29, 0.717) is 28.7 Å². The molecule has 0 fully saturated rings. The van der Waals surface area contributed by atoms with Gasteiger partial charge in [-0.05, 0) is 32.4 Å². The topological polar surface area (TPSA) is 154 Å². The Hall–Kier alpha value is -4.26. The molecular weight excluding hydrogens is 506 g/mol. The number of H-pyrrole nitrogens is 1. The smallest absolute Gasteiger partial charge is 0.241 e. The molecule has 1 aromatic carbocycles. The molecule has 2 atom stereocenters. The van der Waals surface area contributed by atoms with Crippen LogP contribution < -0.4 is 4.74 Å². The van der Waals surface area contributed by atoms with Gasteiger partial charge in [-0.1, -0.05) is 25.1 Å². The van der Waals surface area contributed by atoms with Crippen molar-refractivity contribution in [1.82, 2.24) is 44.9 Å². The summed E-state index contributed by atoms with van der Waals surface area (Å²) in [6, 6.07) is 7.58. The lowest BCUT2D eigenvalue weighted by Gasteiger charge is -2.20. The van der Waals surface area contributed by atoms with Crippen LogP contribution in [0.3, 0.4) is 0 Å². The Kier molecular flexibility index (Phi) is 6.61. The average Bonchev–Trinajstić information content (AvgIpc) is 3.51. The van der Waals surface area contributed by atoms with Gasteiger partial charge in [0.05, 0.1) is 23.6 Å². The molecule has 0 saturated heterocycles. The number of ether oxygens (including phenoxy) is 1. The zero-order valence-electron chi connectivity index (χ0n) is 21.6. The van der Waals surface area contributed by atoms with Crippen molar-refractivity contribution < 1.29 is 13.2 Å². The SMILES string of the molecule is COc1ncnc(C)c1-n1c(CS(=O)(=O)[C@@H](C)[C@H](C)c2ncc(C)cn2)nnc1-c1n[nH]c2ccccc12. The molecule has 4 heterocycles. The summed E-state index contributed by atoms with van der Waals surface area (Å²) >= 11 is 0. The van der Waals surface area contributed by atoms with Crippen molar-refractivity contribution in [3.63, 3.8) is 0 Å². The highest BCUT2D eigenvalue weighted by Crippen LogP contribution is 2.33. The van der Waals surface area contributed by atoms with Crippen LogP contribution >= 0.6 is 0 Å². The molecule has 0 aliphatic carbocycles. The maximum Gasteiger partial charge on any atom is 0.241 e. The molecule has 0 spiro atoms. The standard InChI is InChI=1S/C25H27N9O3S/c1-14-10-26-23(27-11-14)15(2)17(4)38(35,36)12-20-31-33-24(21-18-8-6-7-9-19(18)30-32-21)34(20)22-16(3)28-13-29-25(22)37-5/h6-11,13,15,17H,12H2,1-5H3,(H,30,32)/t15-,17-/m0/s1. The molecule has 0 aliphatic rings. The van der Waals surface area contributed by atoms with Gasteiger partial charge in [-0.2, -0.15) is 10.1 Å². The van der Waals surface area contributed by atoms with Gasteiger partial charge in [0.15, 0.2) is 21.5 Å². The Morgan fingerprint density at radius 3 is 2.50 bits per heavy atom. The number of fused-ring (bicyclic) bond motifs is 1. The van der Waals surface area contributed by atoms with Crippen molar-refractivity contribution in [3.8, 4) is 23.1 Å². The Morgan fingerprint density at radius 2 is 1.76 bits per heavy atom. The highest BCUT2D eigenvalue weighted by atomic mass is 32.2. The van der Waals surface area contributed by atoms with E-state index in [2.05, 4.69) is 40.3 Å². The van der Waals surface area contributed by atoms with Gasteiger partial charge in [0, 0.05) is 23.7 Å². The second-order valence-corrected chi connectivity index (χ2v) is 11.5. The second-order valence-electron chi connectivity index (χ2n) is 9.13. The number of nitrogens with one attached hydrogen (secondary N) is 1. The third-order valence-corrected chi connectivity index (χ3v) is 8.81. The maximum absolute atomic E-state index is 13.7. The predicted octanol–water partition coefficient (Wildman–Crippen LogP) is 3.12. The number of para-hydroxylation sites is 1. The molecule has 13 heteroatoms. The van der Waals surface area contributed by atoms with E-state index in [1.54, 1.807) is 37.7 Å². The number of aryl methyl sites for hydroxylation is 2. The summed E-state index contributed by atoms with van der Waals surface area (Å²) in [4.78, 5) is 17.2. The van der Waals surface area contributed by atoms with Crippen LogP contribution in [0.15, 0.2) is 43.0 Å². The number of hydrogen-bond donors (Lipinski definition) is 1. The molecule has 5 aromatic rings. The van der Waals surface area contributed by atoms with E-state index in [9.17, 15) is 8.42 Å². The summed E-state index contributed by atoms with van der Waals surface area (Å²) in [6.07, 6.45) is 4.74. The summed E-state index contributed by atoms with van der Waals surface area (Å²) in [5.41, 5.74) is 3.22. The van der Waals surface area contributed by atoms with E-state index in [4.69, 9.17) is 4.74 Å². The minimum atomic E-state index is -3.74. The van der Waals surface area contributed by atoms with Crippen LogP contribution in [-0.2, 0) is 15.6 Å². The molecule has 0 aliphatic heterocycles. The fourth-order valence-electron chi connectivity index (χ4n) is 4.25. The van der Waals surface area contributed by atoms with Crippen LogP contribution in [0.4, 0.5) is 0 Å². The fraction of sp³-hybridized carbons (Fsp3) is 0.320. The van der Waals surface area contributed by atoms with E-state index in [0.717, 1.165) is 16.5 Å². The van der Waals surface area contributed by atoms with Gasteiger partial charge in [-0.25, -0.2) is 23.4 Å². The Bertz CT molecular complexity index is 1710. The van der Waals surface area contributed by atoms with E-state index < -0.39 is 26.8 Å². The maximum atomic E-state index is 13.7. The number of aromatic amines is 1. The van der Waals surface area contributed by atoms with Crippen molar-refractivity contribution >= 4 is 20.7 Å². The minimum Gasteiger partial charge on any atom is -0.479 e. The third-order valence-electron chi connectivity index (χ3n) is 6.61. The van der Waals surface area contributed by atoms with Crippen LogP contribution in [0.5, 0.6) is 5.88 Å². The molecule has 196 valence electrons. The van der Waals surface area contributed by atoms with Crippen molar-refractivity contribution in [2.75, 3.05) is 7.11 Å². The molecule has 4 aromatic heterocycles. The molecule has 12 nitrogen and oxygen atoms in total. The number of nitrogens with zero attached hydrogens (tertiary/aromatic N) is 8. The fourth-order valence-corrected chi connectivity index (χ4v) is 5.81. The van der Waals surface area contributed by atoms with Crippen LogP contribution in [0.25, 0.3) is 28.1 Å². The van der Waals surface area contributed by atoms with E-state index in [1.165, 1.54) is 13.4 Å². The van der Waals surface area contributed by atoms with Gasteiger partial charge in [-0.15, -0.1) is 10.2 Å². The van der Waals surface area contributed by atoms with Crippen LogP contribution in [-0.4, -0.2) is 65.7 Å². The zero-order valence-corrected chi connectivity index (χ0v) is 22.4. The Labute approximate surface area is 219 Å². The first-order valence-electron chi connectivity index (χ1n) is 11.9. The van der Waals surface area contributed by atoms with E-state index >= 15 is 0 Å². The van der Waals surface area contributed by atoms with Crippen LogP contribution in [0, 0.1) is 13.8 Å². The first kappa shape index (κ1) is 25.4. The summed E-state index contributed by atoms with van der Waals surface area (Å²) in [5.74, 6) is 0.413. The van der Waals surface area contributed by atoms with Crippen molar-refractivity contribution in [1.29, 1.82) is 0 Å². The Balaban J connectivity index is 1.63. The monoisotopic (exact) mass is 533 g/mol. The lowest BCUT2D eigenvalue weighted by atomic mass is 10.1. The van der Waals surface area contributed by atoms with E-state index in [-0.39, 0.29) is 11.7 Å². The first-order valence-corrected chi connectivity index (χ1v) is 13.7. The first-order chi connectivity index (χ1) is 18.2. The van der Waals surface area contributed by atoms with E-state index in [1.807, 2.05) is 31.2 Å². The lowest BCUT2D eigenvalue weighted by Crippen LogP contribution is -2.27. The van der Waals surface area contributed by atoms with Gasteiger partial charge < -0.3 is 4.74 Å². The summed E-state index contributed by atoms with van der Waals surface area (Å²) < 4.78 is 34.5. The molecule has 0 saturated carbocycles. The lowest BCUT2D eigenvalue weighted by molar-refractivity contribution is 0.394. The number of sulfone groups is 1. The van der Waals surface area contributed by atoms with Gasteiger partial charge >= 0.3 is 0 Å². The van der Waals surface area contributed by atoms with Gasteiger partial charge in [0.25, 0.3) is 0 Å².